The van der Waals surface area contributed by atoms with Gasteiger partial charge in [0.25, 0.3) is 11.7 Å². The fraction of sp³-hybridized carbons (Fsp3) is 0.759. The van der Waals surface area contributed by atoms with Crippen molar-refractivity contribution in [2.24, 2.45) is 41.4 Å². The number of carbonyl (C=O) groups is 5. The Balaban J connectivity index is 1.85. The minimum Gasteiger partial charge on any atom is -0.460 e. The third kappa shape index (κ3) is 15.3. The van der Waals surface area contributed by atoms with E-state index in [0.717, 1.165) is 11.0 Å². The van der Waals surface area contributed by atoms with Gasteiger partial charge in [-0.05, 0) is 106 Å². The minimum absolute atomic E-state index is 0.0139. The van der Waals surface area contributed by atoms with Crippen LogP contribution in [0.15, 0.2) is 47.6 Å². The fourth-order valence-electron chi connectivity index (χ4n) is 9.87. The number of piperidine rings is 1. The van der Waals surface area contributed by atoms with E-state index in [-0.39, 0.29) is 62.7 Å². The Bertz CT molecular complexity index is 2150. The van der Waals surface area contributed by atoms with Crippen molar-refractivity contribution in [1.82, 2.24) is 4.90 Å². The number of rotatable bonds is 9. The zero-order chi connectivity index (χ0) is 57.3. The lowest BCUT2D eigenvalue weighted by molar-refractivity contribution is -0.265. The highest BCUT2D eigenvalue weighted by atomic mass is 16.6. The number of hydrogen-bond acceptors (Lipinski definition) is 14. The van der Waals surface area contributed by atoms with Crippen LogP contribution < -0.4 is 0 Å². The summed E-state index contributed by atoms with van der Waals surface area (Å²) in [5.74, 6) is -17.4. The van der Waals surface area contributed by atoms with E-state index in [1.807, 2.05) is 0 Å². The molecule has 1 unspecified atom stereocenters. The quantitative estimate of drug-likeness (QED) is 0.129. The van der Waals surface area contributed by atoms with Crippen molar-refractivity contribution in [3.8, 4) is 0 Å². The van der Waals surface area contributed by atoms with Crippen LogP contribution in [0.2, 0.25) is 0 Å². The van der Waals surface area contributed by atoms with Crippen molar-refractivity contribution in [1.29, 1.82) is 0 Å². The molecule has 2 bridgehead atoms. The van der Waals surface area contributed by atoms with Crippen LogP contribution in [0.4, 0.5) is 0 Å². The third-order valence-electron chi connectivity index (χ3n) is 14.7. The first kappa shape index (κ1) is 47.9. The molecule has 16 atom stereocenters. The van der Waals surface area contributed by atoms with Gasteiger partial charge in [0.05, 0.1) is 37.6 Å². The predicted molar refractivity (Wildman–Crippen MR) is 261 cm³/mol. The molecular formula is C54H85NO14. The molecule has 3 N–H and O–H groups in total. The standard InChI is InChI=1S/C54H85NO14/c1-32-17-13-12-14-18-33(2)45(64-9)30-41-22-20-37(6)54(63,69-41)51(60)52(61)55-24-16-15-19-42(55)53(62)68-46(35(4)28-40-21-23-44(67-26-25-56)47(29-40)65-10)31-43(57)34(3)27-36(5)48(58)50(66-11)49(59)39(8)38(32)7/h12-14,17-18,27,32,34-35,37-42,44-48,50,56,58,63H,15-16,19-26,28-31H2,1-11H3/b14-12+,17-13+,33-18+,36-27+/t32-,34-,35-,37-,38?,39-,40+,41+,42+,44-,45+,46+,47-,48-,50-,54-/m1/s1/i3D3,20D2,32D,38D. The van der Waals surface area contributed by atoms with Gasteiger partial charge in [0.2, 0.25) is 5.79 Å². The summed E-state index contributed by atoms with van der Waals surface area (Å²) in [6, 6.07) is -1.41. The zero-order valence-electron chi connectivity index (χ0n) is 49.4. The van der Waals surface area contributed by atoms with Crippen LogP contribution in [-0.2, 0) is 52.4 Å². The van der Waals surface area contributed by atoms with Gasteiger partial charge in [0, 0.05) is 68.1 Å². The summed E-state index contributed by atoms with van der Waals surface area (Å²) < 4.78 is 97.0. The van der Waals surface area contributed by atoms with Gasteiger partial charge in [0.1, 0.15) is 30.1 Å². The van der Waals surface area contributed by atoms with Gasteiger partial charge in [-0.2, -0.15) is 0 Å². The number of esters is 1. The SMILES string of the molecule is [2H]C([2H])([2H])[C@@H]1/C=C(\C)[C@@H](O)[C@@H](OC)C(=O)[C@H](C)C([2H])(C)[C@]([2H])(C)/C=C/C=C/C=C(\C)[C@@H](OC)C[C@@H]2CC([2H])([2H])[C@@H](C)[C@@](O)(O2)C(=O)C(=O)N2CCCC[C@H]2C(=O)O[C@H]([C@H](C)C[C@@H]2CC[C@@H](OCCO)[C@H](OC)C2)CC1=O. The average Bonchev–Trinajstić information content (AvgIpc) is 3.36. The number of methoxy groups -OCH3 is 3. The maximum absolute atomic E-state index is 14.6. The van der Waals surface area contributed by atoms with Crippen molar-refractivity contribution >= 4 is 29.2 Å². The molecule has 15 nitrogen and oxygen atoms in total. The first-order valence-electron chi connectivity index (χ1n) is 28.1. The average molecular weight is 979 g/mol. The lowest BCUT2D eigenvalue weighted by Gasteiger charge is -2.42. The molecule has 0 aromatic rings. The first-order chi connectivity index (χ1) is 35.3. The number of cyclic esters (lactones) is 1. The number of fused-ring (bicyclic) bond motifs is 3. The Morgan fingerprint density at radius 3 is 2.35 bits per heavy atom. The largest absolute Gasteiger partial charge is 0.460 e. The van der Waals surface area contributed by atoms with E-state index in [1.54, 1.807) is 39.2 Å². The maximum atomic E-state index is 14.6. The summed E-state index contributed by atoms with van der Waals surface area (Å²) >= 11 is 0. The van der Waals surface area contributed by atoms with Crippen molar-refractivity contribution in [2.45, 2.75) is 180 Å². The molecule has 0 spiro atoms. The molecule has 3 heterocycles. The number of Topliss-reactive ketones (excluding diaryl/α,β-unsaturated/α-hetero) is 3. The minimum atomic E-state index is -3.03. The van der Waals surface area contributed by atoms with Gasteiger partial charge in [-0.25, -0.2) is 4.79 Å². The monoisotopic (exact) mass is 979 g/mol. The van der Waals surface area contributed by atoms with E-state index in [2.05, 4.69) is 0 Å². The molecule has 3 fully saturated rings. The molecule has 1 saturated carbocycles. The zero-order valence-corrected chi connectivity index (χ0v) is 42.4. The van der Waals surface area contributed by atoms with Crippen LogP contribution in [0, 0.1) is 41.4 Å². The van der Waals surface area contributed by atoms with Gasteiger partial charge in [0.15, 0.2) is 5.78 Å². The molecule has 390 valence electrons. The second kappa shape index (κ2) is 27.4. The van der Waals surface area contributed by atoms with Crippen LogP contribution in [0.5, 0.6) is 0 Å². The summed E-state index contributed by atoms with van der Waals surface area (Å²) in [7, 11) is 4.13. The topological polar surface area (TPSA) is 205 Å². The van der Waals surface area contributed by atoms with Crippen molar-refractivity contribution in [2.75, 3.05) is 41.1 Å². The van der Waals surface area contributed by atoms with E-state index in [1.165, 1.54) is 61.0 Å². The molecule has 69 heavy (non-hydrogen) atoms. The molecule has 0 aromatic carbocycles. The highest BCUT2D eigenvalue weighted by Crippen LogP contribution is 2.38. The molecule has 3 aliphatic heterocycles. The predicted octanol–water partition coefficient (Wildman–Crippen LogP) is 6.44. The first-order valence-corrected chi connectivity index (χ1v) is 24.6. The number of allylic oxidation sites excluding steroid dienone is 6. The van der Waals surface area contributed by atoms with Crippen LogP contribution in [0.1, 0.15) is 135 Å². The molecule has 1 amide bonds. The molecule has 2 saturated heterocycles. The van der Waals surface area contributed by atoms with E-state index in [4.69, 9.17) is 35.3 Å². The molecule has 4 rings (SSSR count). The van der Waals surface area contributed by atoms with Crippen LogP contribution in [-0.4, -0.2) is 145 Å². The maximum Gasteiger partial charge on any atom is 0.329 e. The smallest absolute Gasteiger partial charge is 0.329 e. The van der Waals surface area contributed by atoms with Gasteiger partial charge >= 0.3 is 5.97 Å². The number of amides is 1. The Morgan fingerprint density at radius 2 is 1.68 bits per heavy atom. The second-order valence-electron chi connectivity index (χ2n) is 19.4. The number of aliphatic hydroxyl groups excluding tert-OH is 2. The molecule has 0 radical (unpaired) electrons. The summed E-state index contributed by atoms with van der Waals surface area (Å²) in [5, 5.41) is 33.2. The van der Waals surface area contributed by atoms with Gasteiger partial charge in [-0.3, -0.25) is 19.2 Å². The molecular weight excluding hydrogens is 887 g/mol. The number of ketones is 3. The van der Waals surface area contributed by atoms with Crippen molar-refractivity contribution in [3.05, 3.63) is 47.6 Å². The van der Waals surface area contributed by atoms with Gasteiger partial charge in [-0.15, -0.1) is 0 Å². The molecule has 0 aromatic heterocycles. The lowest BCUT2D eigenvalue weighted by atomic mass is 9.78. The number of ether oxygens (including phenoxy) is 6. The third-order valence-corrected chi connectivity index (χ3v) is 14.7. The van der Waals surface area contributed by atoms with E-state index in [0.29, 0.717) is 44.1 Å². The van der Waals surface area contributed by atoms with Crippen LogP contribution in [0.25, 0.3) is 0 Å². The highest BCUT2D eigenvalue weighted by molar-refractivity contribution is 6.39. The summed E-state index contributed by atoms with van der Waals surface area (Å²) in [5.41, 5.74) is 0.516. The van der Waals surface area contributed by atoms with E-state index >= 15 is 0 Å². The van der Waals surface area contributed by atoms with E-state index < -0.39 is 127 Å². The number of carbonyl (C=O) groups excluding carboxylic acids is 5. The van der Waals surface area contributed by atoms with Crippen molar-refractivity contribution < 1.29 is 77.3 Å². The normalized spacial score (nSPS) is 44.4. The molecule has 15 heteroatoms. The summed E-state index contributed by atoms with van der Waals surface area (Å²) in [4.78, 5) is 73.3. The summed E-state index contributed by atoms with van der Waals surface area (Å²) in [6.45, 7) is 7.17. The fourth-order valence-corrected chi connectivity index (χ4v) is 9.87. The Hall–Kier alpha value is -3.41. The Labute approximate surface area is 421 Å². The number of aliphatic hydroxyl groups is 3. The second-order valence-corrected chi connectivity index (χ2v) is 19.4. The van der Waals surface area contributed by atoms with Crippen LogP contribution >= 0.6 is 0 Å². The van der Waals surface area contributed by atoms with E-state index in [9.17, 15) is 42.0 Å². The van der Waals surface area contributed by atoms with Gasteiger partial charge in [-0.1, -0.05) is 77.9 Å². The van der Waals surface area contributed by atoms with Crippen LogP contribution in [0.3, 0.4) is 0 Å². The summed E-state index contributed by atoms with van der Waals surface area (Å²) in [6.07, 6.45) is 1.27. The van der Waals surface area contributed by atoms with Gasteiger partial charge < -0.3 is 48.6 Å². The molecule has 1 aliphatic carbocycles. The highest BCUT2D eigenvalue weighted by Gasteiger charge is 2.53. The number of hydrogen-bond donors (Lipinski definition) is 3. The molecule has 4 aliphatic rings. The van der Waals surface area contributed by atoms with Crippen molar-refractivity contribution in [3.63, 3.8) is 0 Å². The lowest BCUT2D eigenvalue weighted by Crippen LogP contribution is -2.61. The Kier molecular flexibility index (Phi) is 19.0. The number of nitrogens with zero attached hydrogens (tertiary/aromatic N) is 1. The Morgan fingerprint density at radius 1 is 0.942 bits per heavy atom.